The number of amides is 1. The van der Waals surface area contributed by atoms with Gasteiger partial charge in [-0.3, -0.25) is 4.79 Å². The van der Waals surface area contributed by atoms with Crippen molar-refractivity contribution in [1.82, 2.24) is 0 Å². The summed E-state index contributed by atoms with van der Waals surface area (Å²) in [5.41, 5.74) is 2.09. The Labute approximate surface area is 85.2 Å². The molecular weight excluding hydrogens is 206 g/mol. The van der Waals surface area contributed by atoms with E-state index in [9.17, 15) is 4.79 Å². The van der Waals surface area contributed by atoms with Gasteiger partial charge in [0.05, 0.1) is 0 Å². The van der Waals surface area contributed by atoms with Gasteiger partial charge in [-0.05, 0) is 51.8 Å². The number of benzene rings is 1. The van der Waals surface area contributed by atoms with Crippen molar-refractivity contribution < 1.29 is 4.79 Å². The number of hydrogen-bond acceptors (Lipinski definition) is 2. The zero-order chi connectivity index (χ0) is 9.26. The second-order valence-electron chi connectivity index (χ2n) is 2.94. The number of nitrogens with one attached hydrogen (secondary N) is 1. The molecule has 68 valence electrons. The first kappa shape index (κ1) is 8.91. The fourth-order valence-corrected chi connectivity index (χ4v) is 2.00. The van der Waals surface area contributed by atoms with Crippen LogP contribution in [0.25, 0.3) is 0 Å². The van der Waals surface area contributed by atoms with Crippen LogP contribution in [-0.4, -0.2) is 5.91 Å². The summed E-state index contributed by atoms with van der Waals surface area (Å²) in [6.45, 7) is 0. The van der Waals surface area contributed by atoms with Crippen molar-refractivity contribution in [2.24, 2.45) is 0 Å². The Bertz CT molecular complexity index is 353. The van der Waals surface area contributed by atoms with Crippen molar-refractivity contribution in [1.29, 1.82) is 0 Å². The van der Waals surface area contributed by atoms with E-state index >= 15 is 0 Å². The summed E-state index contributed by atoms with van der Waals surface area (Å²) in [7, 11) is 6.83. The van der Waals surface area contributed by atoms with Crippen LogP contribution in [0.2, 0.25) is 0 Å². The highest BCUT2D eigenvalue weighted by molar-refractivity contribution is 8.21. The van der Waals surface area contributed by atoms with Gasteiger partial charge >= 0.3 is 0 Å². The molecule has 0 saturated heterocycles. The van der Waals surface area contributed by atoms with Crippen molar-refractivity contribution in [3.8, 4) is 0 Å². The number of hydrogen-bond donors (Lipinski definition) is 1. The van der Waals surface area contributed by atoms with E-state index in [1.807, 2.05) is 18.2 Å². The number of aryl methyl sites for hydroxylation is 1. The molecule has 0 unspecified atom stereocenters. The second-order valence-corrected chi connectivity index (χ2v) is 4.03. The molecule has 0 saturated carbocycles. The van der Waals surface area contributed by atoms with E-state index in [1.54, 1.807) is 0 Å². The molecule has 0 radical (unpaired) electrons. The maximum Gasteiger partial charge on any atom is 0.224 e. The first-order valence-corrected chi connectivity index (χ1v) is 5.65. The van der Waals surface area contributed by atoms with Gasteiger partial charge in [0.15, 0.2) is 0 Å². The molecule has 1 aromatic rings. The van der Waals surface area contributed by atoms with E-state index in [4.69, 9.17) is 10.7 Å². The number of anilines is 1. The number of carbonyl (C=O) groups is 1. The number of fused-ring (bicyclic) bond motifs is 1. The third kappa shape index (κ3) is 1.81. The Balaban J connectivity index is 2.36. The molecule has 0 atom stereocenters. The first-order valence-electron chi connectivity index (χ1n) is 4.01. The van der Waals surface area contributed by atoms with Crippen molar-refractivity contribution >= 4 is 33.3 Å². The molecule has 1 aliphatic heterocycles. The molecule has 0 bridgehead atoms. The van der Waals surface area contributed by atoms with E-state index in [0.29, 0.717) is 6.42 Å². The van der Waals surface area contributed by atoms with Crippen LogP contribution in [0.5, 0.6) is 0 Å². The molecule has 4 heteroatoms. The summed E-state index contributed by atoms with van der Waals surface area (Å²) in [5.74, 6) is 0.0961. The van der Waals surface area contributed by atoms with Crippen LogP contribution in [0.1, 0.15) is 12.0 Å². The van der Waals surface area contributed by atoms with Gasteiger partial charge < -0.3 is 5.32 Å². The fraction of sp³-hybridized carbons (Fsp3) is 0.222. The molecule has 0 spiro atoms. The Morgan fingerprint density at radius 3 is 3.00 bits per heavy atom. The average Bonchev–Trinajstić information content (AvgIpc) is 2.17. The van der Waals surface area contributed by atoms with Gasteiger partial charge in [-0.15, -0.1) is 0 Å². The maximum absolute atomic E-state index is 11.0. The van der Waals surface area contributed by atoms with Crippen molar-refractivity contribution in [2.75, 3.05) is 5.32 Å². The van der Waals surface area contributed by atoms with Gasteiger partial charge in [-0.1, -0.05) is 0 Å². The molecule has 1 aromatic carbocycles. The highest BCUT2D eigenvalue weighted by Gasteiger charge is 2.14. The molecule has 0 aliphatic carbocycles. The molecule has 1 aliphatic rings. The summed E-state index contributed by atoms with van der Waals surface area (Å²) in [4.78, 5) is 12.1. The lowest BCUT2D eigenvalue weighted by molar-refractivity contribution is -0.116. The largest absolute Gasteiger partial charge is 0.326 e. The summed E-state index contributed by atoms with van der Waals surface area (Å²) < 4.78 is 0. The van der Waals surface area contributed by atoms with E-state index in [2.05, 4.69) is 5.32 Å². The van der Waals surface area contributed by atoms with Crippen molar-refractivity contribution in [3.05, 3.63) is 23.8 Å². The van der Waals surface area contributed by atoms with Crippen molar-refractivity contribution in [3.63, 3.8) is 0 Å². The summed E-state index contributed by atoms with van der Waals surface area (Å²) in [5, 5.41) is 2.82. The summed E-state index contributed by atoms with van der Waals surface area (Å²) in [6.07, 6.45) is 1.38. The molecule has 2 nitrogen and oxygen atoms in total. The Morgan fingerprint density at radius 2 is 2.23 bits per heavy atom. The summed E-state index contributed by atoms with van der Waals surface area (Å²) in [6, 6.07) is 5.83. The van der Waals surface area contributed by atoms with Gasteiger partial charge in [0.25, 0.3) is 0 Å². The molecule has 1 heterocycles. The Hall–Kier alpha value is -0.670. The quantitative estimate of drug-likeness (QED) is 0.777. The van der Waals surface area contributed by atoms with Crippen LogP contribution in [0.4, 0.5) is 5.69 Å². The van der Waals surface area contributed by atoms with Gasteiger partial charge in [0.2, 0.25) is 5.91 Å². The lowest BCUT2D eigenvalue weighted by Crippen LogP contribution is -2.18. The van der Waals surface area contributed by atoms with E-state index in [1.165, 1.54) is 16.5 Å². The van der Waals surface area contributed by atoms with E-state index in [-0.39, 0.29) is 5.91 Å². The fourth-order valence-electron chi connectivity index (χ4n) is 1.41. The third-order valence-corrected chi connectivity index (χ3v) is 3.03. The standard InChI is InChI=1S/C9H8ClNOS/c10-13-7-2-3-8-6(5-7)1-4-9(12)11-8/h2-3,5H,1,4H2,(H,11,12). The zero-order valence-corrected chi connectivity index (χ0v) is 8.41. The minimum atomic E-state index is 0.0961. The third-order valence-electron chi connectivity index (χ3n) is 2.06. The monoisotopic (exact) mass is 213 g/mol. The first-order chi connectivity index (χ1) is 6.29. The zero-order valence-electron chi connectivity index (χ0n) is 6.84. The van der Waals surface area contributed by atoms with Crippen LogP contribution < -0.4 is 5.32 Å². The maximum atomic E-state index is 11.0. The lowest BCUT2D eigenvalue weighted by atomic mass is 10.0. The van der Waals surface area contributed by atoms with Crippen LogP contribution in [0.3, 0.4) is 0 Å². The molecule has 2 rings (SSSR count). The summed E-state index contributed by atoms with van der Waals surface area (Å²) >= 11 is 0. The predicted octanol–water partition coefficient (Wildman–Crippen LogP) is 2.82. The molecule has 1 N–H and O–H groups in total. The Morgan fingerprint density at radius 1 is 1.38 bits per heavy atom. The smallest absolute Gasteiger partial charge is 0.224 e. The van der Waals surface area contributed by atoms with Gasteiger partial charge in [0.1, 0.15) is 0 Å². The predicted molar refractivity (Wildman–Crippen MR) is 55.1 cm³/mol. The van der Waals surface area contributed by atoms with Gasteiger partial charge in [0, 0.05) is 17.0 Å². The van der Waals surface area contributed by atoms with Gasteiger partial charge in [-0.2, -0.15) is 0 Å². The van der Waals surface area contributed by atoms with Crippen LogP contribution >= 0.6 is 21.7 Å². The molecule has 13 heavy (non-hydrogen) atoms. The molecular formula is C9H8ClNOS. The Kier molecular flexibility index (Phi) is 2.47. The van der Waals surface area contributed by atoms with E-state index in [0.717, 1.165) is 17.0 Å². The number of halogens is 1. The van der Waals surface area contributed by atoms with Crippen molar-refractivity contribution in [2.45, 2.75) is 17.7 Å². The molecule has 0 aromatic heterocycles. The minimum absolute atomic E-state index is 0.0961. The van der Waals surface area contributed by atoms with Gasteiger partial charge in [-0.25, -0.2) is 0 Å². The number of rotatable bonds is 1. The highest BCUT2D eigenvalue weighted by Crippen LogP contribution is 2.29. The average molecular weight is 214 g/mol. The molecule has 0 fully saturated rings. The van der Waals surface area contributed by atoms with Crippen LogP contribution in [-0.2, 0) is 11.2 Å². The SMILES string of the molecule is O=C1CCc2cc(SCl)ccc2N1. The van der Waals surface area contributed by atoms with E-state index < -0.39 is 0 Å². The number of carbonyl (C=O) groups excluding carboxylic acids is 1. The van der Waals surface area contributed by atoms with Crippen LogP contribution in [0.15, 0.2) is 23.1 Å². The highest BCUT2D eigenvalue weighted by atomic mass is 35.7. The normalized spacial score (nSPS) is 15.0. The van der Waals surface area contributed by atoms with Crippen LogP contribution in [0, 0.1) is 0 Å². The minimum Gasteiger partial charge on any atom is -0.326 e. The lowest BCUT2D eigenvalue weighted by Gasteiger charge is -2.16. The second kappa shape index (κ2) is 3.60. The molecule has 1 amide bonds. The topological polar surface area (TPSA) is 29.1 Å².